The molecule has 1 atom stereocenters. The summed E-state index contributed by atoms with van der Waals surface area (Å²) < 4.78 is 0. The summed E-state index contributed by atoms with van der Waals surface area (Å²) in [4.78, 5) is 4.68. The van der Waals surface area contributed by atoms with Gasteiger partial charge in [-0.3, -0.25) is 0 Å². The number of nitrogens with zero attached hydrogens (tertiary/aromatic N) is 2. The lowest BCUT2D eigenvalue weighted by atomic mass is 9.96. The van der Waals surface area contributed by atoms with Crippen LogP contribution in [0.15, 0.2) is 36.5 Å². The van der Waals surface area contributed by atoms with Crippen molar-refractivity contribution in [2.75, 3.05) is 40.8 Å². The molecule has 2 nitrogen and oxygen atoms in total. The Hall–Kier alpha value is -0.860. The predicted octanol–water partition coefficient (Wildman–Crippen LogP) is 2.56. The maximum Gasteiger partial charge on any atom is 0.00444 e. The van der Waals surface area contributed by atoms with Gasteiger partial charge in [0.2, 0.25) is 0 Å². The van der Waals surface area contributed by atoms with E-state index < -0.39 is 0 Å². The fourth-order valence-corrected chi connectivity index (χ4v) is 2.12. The zero-order valence-corrected chi connectivity index (χ0v) is 11.5. The molecule has 0 radical (unpaired) electrons. The van der Waals surface area contributed by atoms with Crippen molar-refractivity contribution in [2.24, 2.45) is 5.92 Å². The Labute approximate surface area is 106 Å². The van der Waals surface area contributed by atoms with Crippen LogP contribution < -0.4 is 0 Å². The standard InChI is InChI=1S/C15H26N2/c1-5-14-7-9-15(10-8-14)13-17(4)12-6-11-16(2)3/h5,7-9,15H,1,6,10-13H2,2-4H3. The Bertz CT molecular complexity index is 289. The normalized spacial score (nSPS) is 19.8. The van der Waals surface area contributed by atoms with Crippen molar-refractivity contribution in [2.45, 2.75) is 12.8 Å². The van der Waals surface area contributed by atoms with Crippen LogP contribution in [0, 0.1) is 5.92 Å². The fraction of sp³-hybridized carbons (Fsp3) is 0.600. The Morgan fingerprint density at radius 2 is 2.12 bits per heavy atom. The zero-order valence-electron chi connectivity index (χ0n) is 11.5. The minimum Gasteiger partial charge on any atom is -0.309 e. The lowest BCUT2D eigenvalue weighted by Gasteiger charge is -2.23. The SMILES string of the molecule is C=CC1=CCC(CN(C)CCCN(C)C)C=C1. The summed E-state index contributed by atoms with van der Waals surface area (Å²) in [6.07, 6.45) is 11.1. The molecule has 2 heteroatoms. The topological polar surface area (TPSA) is 6.48 Å². The summed E-state index contributed by atoms with van der Waals surface area (Å²) in [5, 5.41) is 0. The number of allylic oxidation sites excluding steroid dienone is 4. The van der Waals surface area contributed by atoms with Gasteiger partial charge in [-0.25, -0.2) is 0 Å². The Morgan fingerprint density at radius 3 is 2.65 bits per heavy atom. The van der Waals surface area contributed by atoms with Gasteiger partial charge in [0.15, 0.2) is 0 Å². The molecule has 17 heavy (non-hydrogen) atoms. The van der Waals surface area contributed by atoms with Gasteiger partial charge in [0.05, 0.1) is 0 Å². The maximum absolute atomic E-state index is 3.79. The molecule has 1 rings (SSSR count). The second kappa shape index (κ2) is 7.46. The molecule has 0 aliphatic heterocycles. The maximum atomic E-state index is 3.79. The van der Waals surface area contributed by atoms with E-state index in [2.05, 4.69) is 55.7 Å². The molecule has 0 aromatic carbocycles. The molecule has 0 spiro atoms. The van der Waals surface area contributed by atoms with Gasteiger partial charge in [0.25, 0.3) is 0 Å². The van der Waals surface area contributed by atoms with Gasteiger partial charge >= 0.3 is 0 Å². The second-order valence-corrected chi connectivity index (χ2v) is 5.18. The third-order valence-electron chi connectivity index (χ3n) is 3.14. The van der Waals surface area contributed by atoms with Crippen LogP contribution in [0.2, 0.25) is 0 Å². The summed E-state index contributed by atoms with van der Waals surface area (Å²) in [6, 6.07) is 0. The highest BCUT2D eigenvalue weighted by molar-refractivity contribution is 5.32. The summed E-state index contributed by atoms with van der Waals surface area (Å²) in [5.41, 5.74) is 1.26. The number of rotatable bonds is 7. The van der Waals surface area contributed by atoms with Gasteiger partial charge < -0.3 is 9.80 Å². The predicted molar refractivity (Wildman–Crippen MR) is 76.2 cm³/mol. The molecule has 0 heterocycles. The minimum absolute atomic E-state index is 0.669. The van der Waals surface area contributed by atoms with Crippen molar-refractivity contribution in [3.8, 4) is 0 Å². The first-order valence-corrected chi connectivity index (χ1v) is 6.46. The highest BCUT2D eigenvalue weighted by Crippen LogP contribution is 2.17. The summed E-state index contributed by atoms with van der Waals surface area (Å²) in [6.45, 7) is 7.30. The van der Waals surface area contributed by atoms with Gasteiger partial charge in [-0.15, -0.1) is 0 Å². The number of hydrogen-bond donors (Lipinski definition) is 0. The van der Waals surface area contributed by atoms with Crippen molar-refractivity contribution in [1.29, 1.82) is 0 Å². The van der Waals surface area contributed by atoms with Crippen molar-refractivity contribution in [3.63, 3.8) is 0 Å². The zero-order chi connectivity index (χ0) is 12.7. The molecule has 0 amide bonds. The van der Waals surface area contributed by atoms with Crippen LogP contribution in [0.3, 0.4) is 0 Å². The number of hydrogen-bond acceptors (Lipinski definition) is 2. The summed E-state index contributed by atoms with van der Waals surface area (Å²) >= 11 is 0. The van der Waals surface area contributed by atoms with Gasteiger partial charge in [-0.2, -0.15) is 0 Å². The van der Waals surface area contributed by atoms with Gasteiger partial charge in [0, 0.05) is 6.54 Å². The molecule has 0 aromatic heterocycles. The Balaban J connectivity index is 2.20. The molecule has 0 aromatic rings. The smallest absolute Gasteiger partial charge is 0.00444 e. The van der Waals surface area contributed by atoms with Crippen molar-refractivity contribution < 1.29 is 0 Å². The van der Waals surface area contributed by atoms with Crippen LogP contribution in [0.4, 0.5) is 0 Å². The molecule has 0 N–H and O–H groups in total. The average Bonchev–Trinajstić information content (AvgIpc) is 2.29. The molecule has 1 aliphatic carbocycles. The molecule has 0 bridgehead atoms. The highest BCUT2D eigenvalue weighted by atomic mass is 15.1. The van der Waals surface area contributed by atoms with E-state index in [1.165, 1.54) is 25.1 Å². The quantitative estimate of drug-likeness (QED) is 0.668. The van der Waals surface area contributed by atoms with Crippen LogP contribution in [0.1, 0.15) is 12.8 Å². The lowest BCUT2D eigenvalue weighted by Crippen LogP contribution is -2.28. The van der Waals surface area contributed by atoms with Gasteiger partial charge in [0.1, 0.15) is 0 Å². The third kappa shape index (κ3) is 5.85. The Morgan fingerprint density at radius 1 is 1.35 bits per heavy atom. The molecular formula is C15H26N2. The molecule has 1 aliphatic rings. The van der Waals surface area contributed by atoms with E-state index in [-0.39, 0.29) is 0 Å². The van der Waals surface area contributed by atoms with E-state index >= 15 is 0 Å². The molecule has 0 saturated heterocycles. The minimum atomic E-state index is 0.669. The largest absolute Gasteiger partial charge is 0.309 e. The van der Waals surface area contributed by atoms with Crippen LogP contribution in [-0.2, 0) is 0 Å². The molecule has 1 unspecified atom stereocenters. The van der Waals surface area contributed by atoms with Crippen LogP contribution in [-0.4, -0.2) is 50.6 Å². The summed E-state index contributed by atoms with van der Waals surface area (Å²) in [5.74, 6) is 0.669. The van der Waals surface area contributed by atoms with E-state index in [4.69, 9.17) is 0 Å². The first-order valence-electron chi connectivity index (χ1n) is 6.46. The lowest BCUT2D eigenvalue weighted by molar-refractivity contribution is 0.277. The first-order chi connectivity index (χ1) is 8.11. The van der Waals surface area contributed by atoms with E-state index in [1.807, 2.05) is 6.08 Å². The molecular weight excluding hydrogens is 208 g/mol. The van der Waals surface area contributed by atoms with Crippen LogP contribution in [0.25, 0.3) is 0 Å². The molecule has 96 valence electrons. The van der Waals surface area contributed by atoms with E-state index in [0.717, 1.165) is 13.0 Å². The van der Waals surface area contributed by atoms with Crippen molar-refractivity contribution in [3.05, 3.63) is 36.5 Å². The first kappa shape index (κ1) is 14.2. The van der Waals surface area contributed by atoms with Crippen molar-refractivity contribution >= 4 is 0 Å². The highest BCUT2D eigenvalue weighted by Gasteiger charge is 2.10. The summed E-state index contributed by atoms with van der Waals surface area (Å²) in [7, 11) is 6.48. The average molecular weight is 234 g/mol. The van der Waals surface area contributed by atoms with Crippen molar-refractivity contribution in [1.82, 2.24) is 9.80 Å². The molecule has 0 fully saturated rings. The van der Waals surface area contributed by atoms with Crippen LogP contribution >= 0.6 is 0 Å². The van der Waals surface area contributed by atoms with E-state index in [9.17, 15) is 0 Å². The Kier molecular flexibility index (Phi) is 6.23. The second-order valence-electron chi connectivity index (χ2n) is 5.18. The molecule has 0 saturated carbocycles. The van der Waals surface area contributed by atoms with E-state index in [1.54, 1.807) is 0 Å². The fourth-order valence-electron chi connectivity index (χ4n) is 2.12. The van der Waals surface area contributed by atoms with Crippen LogP contribution in [0.5, 0.6) is 0 Å². The monoisotopic (exact) mass is 234 g/mol. The van der Waals surface area contributed by atoms with Gasteiger partial charge in [-0.1, -0.05) is 30.9 Å². The van der Waals surface area contributed by atoms with E-state index in [0.29, 0.717) is 5.92 Å². The third-order valence-corrected chi connectivity index (χ3v) is 3.14. The van der Waals surface area contributed by atoms with Gasteiger partial charge in [-0.05, 0) is 58.6 Å².